The molecule has 0 aromatic heterocycles. The Bertz CT molecular complexity index is 554. The Morgan fingerprint density at radius 3 is 1.96 bits per heavy atom. The van der Waals surface area contributed by atoms with E-state index in [-0.39, 0.29) is 24.8 Å². The van der Waals surface area contributed by atoms with Crippen molar-refractivity contribution in [2.45, 2.75) is 46.2 Å². The third-order valence-electron chi connectivity index (χ3n) is 4.40. The Balaban J connectivity index is 0.00000288. The van der Waals surface area contributed by atoms with Gasteiger partial charge in [0.15, 0.2) is 0 Å². The van der Waals surface area contributed by atoms with Gasteiger partial charge in [0.05, 0.1) is 0 Å². The summed E-state index contributed by atoms with van der Waals surface area (Å²) in [4.78, 5) is 2.38. The first kappa shape index (κ1) is 23.8. The fraction of sp³-hybridized carbons (Fsp3) is 0.429. The van der Waals surface area contributed by atoms with Crippen LogP contribution in [0.15, 0.2) is 54.6 Å². The number of hydrogen-bond acceptors (Lipinski definition) is 2. The van der Waals surface area contributed by atoms with Gasteiger partial charge in [-0.25, -0.2) is 0 Å². The highest BCUT2D eigenvalue weighted by Crippen LogP contribution is 2.20. The van der Waals surface area contributed by atoms with E-state index in [1.165, 1.54) is 29.7 Å². The largest absolute Gasteiger partial charge is 0.372 e. The van der Waals surface area contributed by atoms with Crippen LogP contribution in [-0.4, -0.2) is 13.1 Å². The summed E-state index contributed by atoms with van der Waals surface area (Å²) >= 11 is 0. The molecule has 0 fully saturated rings. The smallest absolute Gasteiger partial charge is 0.0366 e. The minimum absolute atomic E-state index is 0. The zero-order chi connectivity index (χ0) is 16.5. The number of anilines is 1. The van der Waals surface area contributed by atoms with Crippen molar-refractivity contribution >= 4 is 30.5 Å². The summed E-state index contributed by atoms with van der Waals surface area (Å²) in [7, 11) is 0. The molecule has 0 saturated heterocycles. The normalized spacial score (nSPS) is 11.2. The van der Waals surface area contributed by atoms with E-state index in [1.807, 2.05) is 0 Å². The van der Waals surface area contributed by atoms with Crippen LogP contribution in [0, 0.1) is 0 Å². The fourth-order valence-electron chi connectivity index (χ4n) is 3.02. The van der Waals surface area contributed by atoms with Crippen LogP contribution in [0.2, 0.25) is 0 Å². The van der Waals surface area contributed by atoms with Crippen LogP contribution in [0.1, 0.15) is 50.8 Å². The quantitative estimate of drug-likeness (QED) is 0.571. The van der Waals surface area contributed by atoms with Crippen LogP contribution in [0.4, 0.5) is 5.69 Å². The molecule has 0 aliphatic rings. The Morgan fingerprint density at radius 2 is 1.44 bits per heavy atom. The van der Waals surface area contributed by atoms with E-state index in [9.17, 15) is 0 Å². The first-order valence-corrected chi connectivity index (χ1v) is 8.90. The van der Waals surface area contributed by atoms with Gasteiger partial charge in [0.1, 0.15) is 0 Å². The van der Waals surface area contributed by atoms with Gasteiger partial charge in [0.2, 0.25) is 0 Å². The minimum Gasteiger partial charge on any atom is -0.372 e. The number of halogens is 2. The van der Waals surface area contributed by atoms with E-state index in [2.05, 4.69) is 85.6 Å². The molecule has 2 nitrogen and oxygen atoms in total. The molecule has 1 unspecified atom stereocenters. The van der Waals surface area contributed by atoms with Gasteiger partial charge in [-0.2, -0.15) is 0 Å². The highest BCUT2D eigenvalue weighted by atomic mass is 35.5. The molecule has 2 aromatic carbocycles. The molecule has 0 radical (unpaired) electrons. The van der Waals surface area contributed by atoms with Gasteiger partial charge >= 0.3 is 0 Å². The molecule has 0 amide bonds. The van der Waals surface area contributed by atoms with Gasteiger partial charge < -0.3 is 10.2 Å². The molecule has 2 rings (SSSR count). The second-order valence-electron chi connectivity index (χ2n) is 5.97. The van der Waals surface area contributed by atoms with Crippen molar-refractivity contribution in [1.82, 2.24) is 5.32 Å². The zero-order valence-electron chi connectivity index (χ0n) is 15.6. The van der Waals surface area contributed by atoms with Crippen molar-refractivity contribution in [3.63, 3.8) is 0 Å². The summed E-state index contributed by atoms with van der Waals surface area (Å²) in [5.74, 6) is 0. The molecule has 140 valence electrons. The zero-order valence-corrected chi connectivity index (χ0v) is 17.2. The molecule has 0 saturated carbocycles. The molecule has 0 heterocycles. The topological polar surface area (TPSA) is 15.3 Å². The number of nitrogens with one attached hydrogen (secondary N) is 1. The van der Waals surface area contributed by atoms with Crippen molar-refractivity contribution < 1.29 is 0 Å². The summed E-state index contributed by atoms with van der Waals surface area (Å²) in [6.45, 7) is 9.68. The third kappa shape index (κ3) is 7.27. The molecular formula is C21H32Cl2N2. The standard InChI is InChI=1S/C21H30N2.2ClH/c1-4-10-21(19-11-8-7-9-12-19)22-17-18-13-15-20(16-14-18)23(5-2)6-3;;/h7-9,11-16,21-22H,4-6,10,17H2,1-3H3;2*1H. The van der Waals surface area contributed by atoms with Crippen LogP contribution >= 0.6 is 24.8 Å². The van der Waals surface area contributed by atoms with Gasteiger partial charge in [-0.15, -0.1) is 24.8 Å². The van der Waals surface area contributed by atoms with E-state index in [0.717, 1.165) is 19.6 Å². The van der Waals surface area contributed by atoms with Crippen molar-refractivity contribution in [3.8, 4) is 0 Å². The van der Waals surface area contributed by atoms with Gasteiger partial charge in [-0.1, -0.05) is 55.8 Å². The van der Waals surface area contributed by atoms with Crippen LogP contribution in [-0.2, 0) is 6.54 Å². The number of hydrogen-bond donors (Lipinski definition) is 1. The van der Waals surface area contributed by atoms with Gasteiger partial charge in [-0.05, 0) is 43.5 Å². The monoisotopic (exact) mass is 382 g/mol. The Morgan fingerprint density at radius 1 is 0.840 bits per heavy atom. The molecule has 0 aliphatic carbocycles. The summed E-state index contributed by atoms with van der Waals surface area (Å²) in [6.07, 6.45) is 2.36. The fourth-order valence-corrected chi connectivity index (χ4v) is 3.02. The molecule has 4 heteroatoms. The maximum atomic E-state index is 3.72. The molecule has 0 spiro atoms. The SMILES string of the molecule is CCCC(NCc1ccc(N(CC)CC)cc1)c1ccccc1.Cl.Cl. The highest BCUT2D eigenvalue weighted by Gasteiger charge is 2.09. The summed E-state index contributed by atoms with van der Waals surface area (Å²) in [6, 6.07) is 20.2. The lowest BCUT2D eigenvalue weighted by Crippen LogP contribution is -2.22. The van der Waals surface area contributed by atoms with Gasteiger partial charge in [0, 0.05) is 31.4 Å². The lowest BCUT2D eigenvalue weighted by Gasteiger charge is -2.22. The molecule has 0 aliphatic heterocycles. The second-order valence-corrected chi connectivity index (χ2v) is 5.97. The van der Waals surface area contributed by atoms with E-state index in [0.29, 0.717) is 6.04 Å². The van der Waals surface area contributed by atoms with Crippen LogP contribution in [0.3, 0.4) is 0 Å². The average molecular weight is 383 g/mol. The molecule has 25 heavy (non-hydrogen) atoms. The highest BCUT2D eigenvalue weighted by molar-refractivity contribution is 5.85. The predicted molar refractivity (Wildman–Crippen MR) is 115 cm³/mol. The Kier molecular flexibility index (Phi) is 12.4. The number of benzene rings is 2. The van der Waals surface area contributed by atoms with Gasteiger partial charge in [0.25, 0.3) is 0 Å². The summed E-state index contributed by atoms with van der Waals surface area (Å²) < 4.78 is 0. The van der Waals surface area contributed by atoms with Crippen LogP contribution in [0.5, 0.6) is 0 Å². The predicted octanol–water partition coefficient (Wildman–Crippen LogP) is 6.01. The third-order valence-corrected chi connectivity index (χ3v) is 4.40. The molecule has 2 aromatic rings. The van der Waals surface area contributed by atoms with E-state index < -0.39 is 0 Å². The van der Waals surface area contributed by atoms with E-state index in [1.54, 1.807) is 0 Å². The van der Waals surface area contributed by atoms with E-state index in [4.69, 9.17) is 0 Å². The average Bonchev–Trinajstić information content (AvgIpc) is 2.61. The lowest BCUT2D eigenvalue weighted by molar-refractivity contribution is 0.493. The van der Waals surface area contributed by atoms with Gasteiger partial charge in [-0.3, -0.25) is 0 Å². The number of nitrogens with zero attached hydrogens (tertiary/aromatic N) is 1. The second kappa shape index (κ2) is 13.0. The Labute approximate surface area is 165 Å². The van der Waals surface area contributed by atoms with E-state index >= 15 is 0 Å². The number of rotatable bonds is 9. The summed E-state index contributed by atoms with van der Waals surface area (Å²) in [5, 5.41) is 3.72. The van der Waals surface area contributed by atoms with Crippen molar-refractivity contribution in [1.29, 1.82) is 0 Å². The van der Waals surface area contributed by atoms with Crippen molar-refractivity contribution in [2.75, 3.05) is 18.0 Å². The van der Waals surface area contributed by atoms with Crippen molar-refractivity contribution in [3.05, 3.63) is 65.7 Å². The molecule has 0 bridgehead atoms. The maximum absolute atomic E-state index is 3.72. The minimum atomic E-state index is 0. The first-order valence-electron chi connectivity index (χ1n) is 8.90. The first-order chi connectivity index (χ1) is 11.3. The molecular weight excluding hydrogens is 351 g/mol. The van der Waals surface area contributed by atoms with Crippen molar-refractivity contribution in [2.24, 2.45) is 0 Å². The van der Waals surface area contributed by atoms with Crippen LogP contribution in [0.25, 0.3) is 0 Å². The summed E-state index contributed by atoms with van der Waals surface area (Å²) in [5.41, 5.74) is 4.04. The molecule has 1 atom stereocenters. The van der Waals surface area contributed by atoms with Crippen LogP contribution < -0.4 is 10.2 Å². The maximum Gasteiger partial charge on any atom is 0.0366 e. The Hall–Kier alpha value is -1.22. The lowest BCUT2D eigenvalue weighted by atomic mass is 10.0. The molecule has 1 N–H and O–H groups in total.